The number of anilines is 1. The minimum atomic E-state index is -1.18. The second-order valence-corrected chi connectivity index (χ2v) is 10.0. The molecule has 0 bridgehead atoms. The van der Waals surface area contributed by atoms with Crippen molar-refractivity contribution in [3.63, 3.8) is 0 Å². The van der Waals surface area contributed by atoms with Crippen molar-refractivity contribution >= 4 is 46.5 Å². The monoisotopic (exact) mass is 596 g/mol. The summed E-state index contributed by atoms with van der Waals surface area (Å²) in [6.07, 6.45) is 5.26. The van der Waals surface area contributed by atoms with Crippen LogP contribution in [0.15, 0.2) is 58.5 Å². The van der Waals surface area contributed by atoms with Crippen LogP contribution in [0.3, 0.4) is 0 Å². The number of aromatic amines is 1. The van der Waals surface area contributed by atoms with Crippen LogP contribution in [0.2, 0.25) is 0 Å². The summed E-state index contributed by atoms with van der Waals surface area (Å²) in [7, 11) is 0. The Morgan fingerprint density at radius 2 is 2.05 bits per heavy atom. The van der Waals surface area contributed by atoms with Crippen LogP contribution in [-0.2, 0) is 16.0 Å². The molecule has 0 spiro atoms. The molecule has 0 fully saturated rings. The second kappa shape index (κ2) is 12.6. The highest BCUT2D eigenvalue weighted by Gasteiger charge is 2.24. The number of rotatable bonds is 9. The van der Waals surface area contributed by atoms with Crippen LogP contribution in [0.25, 0.3) is 10.9 Å². The lowest BCUT2D eigenvalue weighted by Gasteiger charge is -2.29. The van der Waals surface area contributed by atoms with Crippen LogP contribution in [0, 0.1) is 22.9 Å². The van der Waals surface area contributed by atoms with Crippen LogP contribution < -0.4 is 14.4 Å². The van der Waals surface area contributed by atoms with Crippen molar-refractivity contribution in [3.05, 3.63) is 77.2 Å². The van der Waals surface area contributed by atoms with Gasteiger partial charge in [0.05, 0.1) is 41.2 Å². The van der Waals surface area contributed by atoms with Crippen LogP contribution in [0.4, 0.5) is 18.9 Å². The Morgan fingerprint density at radius 3 is 2.83 bits per heavy atom. The lowest BCUT2D eigenvalue weighted by Crippen LogP contribution is -2.32. The Morgan fingerprint density at radius 1 is 1.21 bits per heavy atom. The van der Waals surface area contributed by atoms with Gasteiger partial charge in [0, 0.05) is 18.0 Å². The number of benzene rings is 3. The lowest BCUT2D eigenvalue weighted by atomic mass is 10.1. The van der Waals surface area contributed by atoms with Gasteiger partial charge in [-0.3, -0.25) is 10.2 Å². The molecule has 218 valence electrons. The molecule has 42 heavy (non-hydrogen) atoms. The molecule has 1 aliphatic rings. The number of hydrogen-bond acceptors (Lipinski definition) is 6. The maximum absolute atomic E-state index is 15.0. The van der Waals surface area contributed by atoms with Gasteiger partial charge >= 0.3 is 5.97 Å². The molecular weight excluding hydrogens is 569 g/mol. The van der Waals surface area contributed by atoms with E-state index >= 15 is 0 Å². The molecule has 2 N–H and O–H groups in total. The van der Waals surface area contributed by atoms with E-state index < -0.39 is 23.3 Å². The molecule has 0 atom stereocenters. The number of amidine groups is 1. The molecule has 4 aromatic rings. The fourth-order valence-corrected chi connectivity index (χ4v) is 5.35. The van der Waals surface area contributed by atoms with Crippen molar-refractivity contribution in [2.24, 2.45) is 4.99 Å². The largest absolute Gasteiger partial charge is 0.489 e. The predicted octanol–water partition coefficient (Wildman–Crippen LogP) is 6.85. The molecule has 0 radical (unpaired) electrons. The van der Waals surface area contributed by atoms with Crippen molar-refractivity contribution in [2.75, 3.05) is 30.9 Å². The Labute approximate surface area is 244 Å². The summed E-state index contributed by atoms with van der Waals surface area (Å²) in [5.74, 6) is -3.41. The summed E-state index contributed by atoms with van der Waals surface area (Å²) in [6.45, 7) is 2.83. The number of para-hydroxylation sites is 1. The van der Waals surface area contributed by atoms with Gasteiger partial charge in [0.1, 0.15) is 23.9 Å². The number of hydrogen-bond donors (Lipinski definition) is 2. The van der Waals surface area contributed by atoms with Gasteiger partial charge in [-0.05, 0) is 55.5 Å². The first-order valence-electron chi connectivity index (χ1n) is 13.1. The van der Waals surface area contributed by atoms with Crippen molar-refractivity contribution < 1.29 is 32.2 Å². The first-order valence-corrected chi connectivity index (χ1v) is 14.3. The van der Waals surface area contributed by atoms with E-state index in [0.717, 1.165) is 11.6 Å². The van der Waals surface area contributed by atoms with Crippen LogP contribution in [0.5, 0.6) is 17.2 Å². The van der Waals surface area contributed by atoms with Gasteiger partial charge in [-0.15, -0.1) is 11.8 Å². The molecule has 0 amide bonds. The number of esters is 1. The van der Waals surface area contributed by atoms with Crippen LogP contribution in [0.1, 0.15) is 24.5 Å². The molecule has 8 nitrogen and oxygen atoms in total. The Hall–Kier alpha value is -4.45. The number of aromatic nitrogens is 1. The molecule has 3 aromatic carbocycles. The Balaban J connectivity index is 1.37. The molecule has 0 aliphatic carbocycles. The summed E-state index contributed by atoms with van der Waals surface area (Å²) in [4.78, 5) is 20.8. The third kappa shape index (κ3) is 5.80. The minimum absolute atomic E-state index is 0.0118. The number of nitrogens with one attached hydrogen (secondary N) is 2. The van der Waals surface area contributed by atoms with Crippen molar-refractivity contribution in [2.45, 2.75) is 24.7 Å². The molecule has 0 saturated heterocycles. The zero-order chi connectivity index (χ0) is 29.8. The van der Waals surface area contributed by atoms with Crippen LogP contribution >= 0.6 is 11.8 Å². The van der Waals surface area contributed by atoms with Crippen molar-refractivity contribution in [1.82, 2.24) is 4.98 Å². The summed E-state index contributed by atoms with van der Waals surface area (Å²) in [5, 5.41) is 8.89. The lowest BCUT2D eigenvalue weighted by molar-refractivity contribution is -0.143. The maximum Gasteiger partial charge on any atom is 0.306 e. The second-order valence-electron chi connectivity index (χ2n) is 9.21. The molecule has 2 heterocycles. The molecule has 0 unspecified atom stereocenters. The average molecular weight is 597 g/mol. The molecular formula is C30H27F3N4O4S. The Kier molecular flexibility index (Phi) is 8.72. The van der Waals surface area contributed by atoms with Gasteiger partial charge in [0.2, 0.25) is 5.82 Å². The van der Waals surface area contributed by atoms with E-state index in [0.29, 0.717) is 47.9 Å². The fraction of sp³-hybridized carbons (Fsp3) is 0.233. The third-order valence-corrected chi connectivity index (χ3v) is 7.43. The predicted molar refractivity (Wildman–Crippen MR) is 156 cm³/mol. The highest BCUT2D eigenvalue weighted by atomic mass is 32.2. The van der Waals surface area contributed by atoms with E-state index in [1.165, 1.54) is 36.4 Å². The number of H-pyrrole nitrogens is 1. The SMILES string of the molecule is CCOC(=O)CCc1cccc2c1OCCN2C=NC(=N)c1cc(Oc2c(F)c(F)c3[nH]ccc3c2SC)ccc1F. The molecule has 5 rings (SSSR count). The van der Waals surface area contributed by atoms with Gasteiger partial charge in [0.25, 0.3) is 0 Å². The van der Waals surface area contributed by atoms with E-state index in [9.17, 15) is 18.0 Å². The van der Waals surface area contributed by atoms with Gasteiger partial charge in [-0.25, -0.2) is 13.8 Å². The number of carbonyl (C=O) groups is 1. The summed E-state index contributed by atoms with van der Waals surface area (Å²) in [5.41, 5.74) is 1.36. The van der Waals surface area contributed by atoms with Crippen molar-refractivity contribution in [3.8, 4) is 17.2 Å². The first kappa shape index (κ1) is 29.1. The van der Waals surface area contributed by atoms with Gasteiger partial charge < -0.3 is 24.1 Å². The van der Waals surface area contributed by atoms with E-state index in [1.54, 1.807) is 24.1 Å². The van der Waals surface area contributed by atoms with Gasteiger partial charge in [0.15, 0.2) is 17.4 Å². The normalized spacial score (nSPS) is 12.8. The topological polar surface area (TPSA) is 100 Å². The van der Waals surface area contributed by atoms with E-state index in [1.807, 2.05) is 18.2 Å². The Bertz CT molecular complexity index is 1690. The number of halogens is 3. The zero-order valence-electron chi connectivity index (χ0n) is 22.8. The highest BCUT2D eigenvalue weighted by Crippen LogP contribution is 2.41. The first-order chi connectivity index (χ1) is 20.3. The molecule has 1 aromatic heterocycles. The van der Waals surface area contributed by atoms with E-state index in [-0.39, 0.29) is 35.0 Å². The highest BCUT2D eigenvalue weighted by molar-refractivity contribution is 7.99. The van der Waals surface area contributed by atoms with Crippen molar-refractivity contribution in [1.29, 1.82) is 5.41 Å². The quantitative estimate of drug-likeness (QED) is 0.0949. The fourth-order valence-electron chi connectivity index (χ4n) is 4.65. The average Bonchev–Trinajstić information content (AvgIpc) is 3.48. The standard InChI is InChI=1S/C30H27F3N4O4S/c1-3-39-23(38)10-7-17-5-4-6-22-27(17)40-14-13-37(22)16-36-30(34)20-15-18(8-9-21(20)31)41-28-25(33)24(32)26-19(11-12-35-26)29(28)42-2/h4-6,8-9,11-12,15-16,34-35H,3,7,10,13-14H2,1-2H3. The molecule has 1 aliphatic heterocycles. The zero-order valence-corrected chi connectivity index (χ0v) is 23.6. The van der Waals surface area contributed by atoms with E-state index in [2.05, 4.69) is 9.98 Å². The number of nitrogens with zero attached hydrogens (tertiary/aromatic N) is 2. The minimum Gasteiger partial charge on any atom is -0.489 e. The third-order valence-electron chi connectivity index (χ3n) is 6.62. The smallest absolute Gasteiger partial charge is 0.306 e. The van der Waals surface area contributed by atoms with Gasteiger partial charge in [-0.1, -0.05) is 12.1 Å². The summed E-state index contributed by atoms with van der Waals surface area (Å²) in [6, 6.07) is 10.7. The number of thioether (sulfide) groups is 1. The number of aryl methyl sites for hydroxylation is 1. The maximum atomic E-state index is 15.0. The number of carbonyl (C=O) groups excluding carboxylic acids is 1. The molecule has 12 heteroatoms. The number of aliphatic imine (C=N–C) groups is 1. The van der Waals surface area contributed by atoms with Crippen LogP contribution in [-0.4, -0.2) is 49.1 Å². The summed E-state index contributed by atoms with van der Waals surface area (Å²) < 4.78 is 61.0. The summed E-state index contributed by atoms with van der Waals surface area (Å²) >= 11 is 1.18. The number of ether oxygens (including phenoxy) is 3. The van der Waals surface area contributed by atoms with E-state index in [4.69, 9.17) is 19.6 Å². The number of fused-ring (bicyclic) bond motifs is 2. The molecule has 0 saturated carbocycles. The van der Waals surface area contributed by atoms with Gasteiger partial charge in [-0.2, -0.15) is 4.39 Å².